The van der Waals surface area contributed by atoms with Gasteiger partial charge in [-0.3, -0.25) is 9.48 Å². The van der Waals surface area contributed by atoms with Crippen LogP contribution in [0.1, 0.15) is 25.0 Å². The maximum atomic E-state index is 11.1. The minimum atomic E-state index is 0.138. The lowest BCUT2D eigenvalue weighted by Gasteiger charge is -2.13. The van der Waals surface area contributed by atoms with Crippen LogP contribution in [0.4, 0.5) is 0 Å². The van der Waals surface area contributed by atoms with E-state index in [0.29, 0.717) is 6.42 Å². The fraction of sp³-hybridized carbons (Fsp3) is 0.556. The number of carbonyl (C=O) groups is 1. The van der Waals surface area contributed by atoms with E-state index in [4.69, 9.17) is 0 Å². The molecule has 4 nitrogen and oxygen atoms in total. The number of amides is 1. The van der Waals surface area contributed by atoms with E-state index in [1.54, 1.807) is 6.20 Å². The maximum absolute atomic E-state index is 11.1. The van der Waals surface area contributed by atoms with Crippen LogP contribution >= 0.6 is 0 Å². The molecule has 4 heteroatoms. The third kappa shape index (κ3) is 1.32. The van der Waals surface area contributed by atoms with Gasteiger partial charge in [0, 0.05) is 37.3 Å². The first-order valence-electron chi connectivity index (χ1n) is 4.45. The van der Waals surface area contributed by atoms with E-state index in [-0.39, 0.29) is 17.9 Å². The Morgan fingerprint density at radius 2 is 2.46 bits per heavy atom. The van der Waals surface area contributed by atoms with Crippen LogP contribution in [0.15, 0.2) is 12.3 Å². The third-order valence-corrected chi connectivity index (χ3v) is 2.64. The van der Waals surface area contributed by atoms with Crippen molar-refractivity contribution in [3.05, 3.63) is 18.0 Å². The smallest absolute Gasteiger partial charge is 0.220 e. The maximum Gasteiger partial charge on any atom is 0.220 e. The van der Waals surface area contributed by atoms with Crippen LogP contribution in [0.25, 0.3) is 0 Å². The molecule has 1 saturated heterocycles. The molecule has 13 heavy (non-hydrogen) atoms. The Kier molecular flexibility index (Phi) is 1.83. The molecule has 0 saturated carbocycles. The Hall–Kier alpha value is -1.32. The van der Waals surface area contributed by atoms with E-state index in [2.05, 4.69) is 10.4 Å². The van der Waals surface area contributed by atoms with Crippen LogP contribution < -0.4 is 5.32 Å². The van der Waals surface area contributed by atoms with E-state index in [1.165, 1.54) is 0 Å². The zero-order valence-corrected chi connectivity index (χ0v) is 7.82. The molecule has 0 radical (unpaired) electrons. The van der Waals surface area contributed by atoms with Gasteiger partial charge in [-0.2, -0.15) is 5.10 Å². The van der Waals surface area contributed by atoms with Gasteiger partial charge in [0.25, 0.3) is 0 Å². The Morgan fingerprint density at radius 3 is 2.92 bits per heavy atom. The van der Waals surface area contributed by atoms with Crippen molar-refractivity contribution in [2.75, 3.05) is 0 Å². The fourth-order valence-electron chi connectivity index (χ4n) is 1.90. The van der Waals surface area contributed by atoms with Gasteiger partial charge in [0.15, 0.2) is 0 Å². The summed E-state index contributed by atoms with van der Waals surface area (Å²) in [6.07, 6.45) is 2.35. The molecule has 2 heterocycles. The van der Waals surface area contributed by atoms with Gasteiger partial charge in [-0.05, 0) is 13.0 Å². The van der Waals surface area contributed by atoms with Crippen LogP contribution in [-0.4, -0.2) is 21.7 Å². The highest BCUT2D eigenvalue weighted by molar-refractivity contribution is 5.80. The Morgan fingerprint density at radius 1 is 1.69 bits per heavy atom. The molecule has 2 unspecified atom stereocenters. The summed E-state index contributed by atoms with van der Waals surface area (Å²) >= 11 is 0. The molecule has 70 valence electrons. The van der Waals surface area contributed by atoms with Gasteiger partial charge in [0.1, 0.15) is 0 Å². The summed E-state index contributed by atoms with van der Waals surface area (Å²) in [5.74, 6) is 0.415. The van der Waals surface area contributed by atoms with Crippen molar-refractivity contribution in [3.8, 4) is 0 Å². The summed E-state index contributed by atoms with van der Waals surface area (Å²) in [7, 11) is 1.91. The van der Waals surface area contributed by atoms with Gasteiger partial charge in [-0.1, -0.05) is 0 Å². The van der Waals surface area contributed by atoms with Crippen molar-refractivity contribution in [2.45, 2.75) is 25.3 Å². The lowest BCUT2D eigenvalue weighted by atomic mass is 9.98. The molecule has 1 aromatic rings. The number of aromatic nitrogens is 2. The topological polar surface area (TPSA) is 46.9 Å². The first kappa shape index (κ1) is 8.29. The van der Waals surface area contributed by atoms with Gasteiger partial charge < -0.3 is 5.32 Å². The second-order valence-corrected chi connectivity index (χ2v) is 3.55. The lowest BCUT2D eigenvalue weighted by molar-refractivity contribution is -0.119. The van der Waals surface area contributed by atoms with Crippen molar-refractivity contribution >= 4 is 5.91 Å². The normalized spacial score (nSPS) is 27.7. The number of aryl methyl sites for hydroxylation is 1. The van der Waals surface area contributed by atoms with Crippen molar-refractivity contribution in [3.63, 3.8) is 0 Å². The van der Waals surface area contributed by atoms with Crippen LogP contribution in [0.3, 0.4) is 0 Å². The number of hydrogen-bond acceptors (Lipinski definition) is 2. The highest BCUT2D eigenvalue weighted by Gasteiger charge is 2.31. The molecule has 0 spiro atoms. The van der Waals surface area contributed by atoms with Gasteiger partial charge in [-0.15, -0.1) is 0 Å². The van der Waals surface area contributed by atoms with E-state index < -0.39 is 0 Å². The summed E-state index contributed by atoms with van der Waals surface area (Å²) in [6.45, 7) is 2.03. The van der Waals surface area contributed by atoms with Crippen molar-refractivity contribution < 1.29 is 4.79 Å². The summed E-state index contributed by atoms with van der Waals surface area (Å²) in [6, 6.07) is 2.20. The summed E-state index contributed by atoms with van der Waals surface area (Å²) in [4.78, 5) is 11.1. The van der Waals surface area contributed by atoms with E-state index in [1.807, 2.05) is 24.7 Å². The molecule has 1 aliphatic heterocycles. The van der Waals surface area contributed by atoms with Crippen LogP contribution in [0.2, 0.25) is 0 Å². The lowest BCUT2D eigenvalue weighted by Crippen LogP contribution is -2.25. The second kappa shape index (κ2) is 2.87. The quantitative estimate of drug-likeness (QED) is 0.678. The Bertz CT molecular complexity index is 331. The monoisotopic (exact) mass is 179 g/mol. The van der Waals surface area contributed by atoms with E-state index in [0.717, 1.165) is 5.69 Å². The molecule has 0 bridgehead atoms. The second-order valence-electron chi connectivity index (χ2n) is 3.55. The minimum absolute atomic E-state index is 0.138. The molecule has 1 aliphatic rings. The van der Waals surface area contributed by atoms with Crippen LogP contribution in [-0.2, 0) is 11.8 Å². The molecule has 2 rings (SSSR count). The average molecular weight is 179 g/mol. The zero-order chi connectivity index (χ0) is 9.42. The molecule has 1 N–H and O–H groups in total. The molecule has 0 aromatic carbocycles. The highest BCUT2D eigenvalue weighted by atomic mass is 16.2. The largest absolute Gasteiger partial charge is 0.353 e. The third-order valence-electron chi connectivity index (χ3n) is 2.64. The Labute approximate surface area is 76.9 Å². The molecule has 2 atom stereocenters. The van der Waals surface area contributed by atoms with Crippen molar-refractivity contribution in [1.29, 1.82) is 0 Å². The molecule has 1 aromatic heterocycles. The van der Waals surface area contributed by atoms with Crippen LogP contribution in [0, 0.1) is 0 Å². The van der Waals surface area contributed by atoms with Crippen molar-refractivity contribution in [1.82, 2.24) is 15.1 Å². The Balaban J connectivity index is 2.27. The summed E-state index contributed by atoms with van der Waals surface area (Å²) in [5.41, 5.74) is 1.13. The average Bonchev–Trinajstić information content (AvgIpc) is 2.58. The summed E-state index contributed by atoms with van der Waals surface area (Å²) < 4.78 is 1.83. The first-order chi connectivity index (χ1) is 6.18. The summed E-state index contributed by atoms with van der Waals surface area (Å²) in [5, 5.41) is 7.00. The molecule has 1 fully saturated rings. The fourth-order valence-corrected chi connectivity index (χ4v) is 1.90. The number of nitrogens with zero attached hydrogens (tertiary/aromatic N) is 2. The predicted molar refractivity (Wildman–Crippen MR) is 48.2 cm³/mol. The highest BCUT2D eigenvalue weighted by Crippen LogP contribution is 2.27. The molecular weight excluding hydrogens is 166 g/mol. The van der Waals surface area contributed by atoms with Gasteiger partial charge >= 0.3 is 0 Å². The van der Waals surface area contributed by atoms with E-state index >= 15 is 0 Å². The zero-order valence-electron chi connectivity index (χ0n) is 7.82. The van der Waals surface area contributed by atoms with E-state index in [9.17, 15) is 4.79 Å². The number of carbonyl (C=O) groups excluding carboxylic acids is 1. The predicted octanol–water partition coefficient (Wildman–Crippen LogP) is 0.412. The minimum Gasteiger partial charge on any atom is -0.353 e. The molecule has 0 aliphatic carbocycles. The molecule has 1 amide bonds. The number of rotatable bonds is 1. The standard InChI is InChI=1S/C9H13N3O/c1-6-7(5-9(13)11-6)8-3-4-10-12(8)2/h3-4,6-7H,5H2,1-2H3,(H,11,13). The van der Waals surface area contributed by atoms with Gasteiger partial charge in [0.2, 0.25) is 5.91 Å². The number of hydrogen-bond donors (Lipinski definition) is 1. The SMILES string of the molecule is CC1NC(=O)CC1c1ccnn1C. The molecular formula is C9H13N3O. The van der Waals surface area contributed by atoms with Crippen molar-refractivity contribution in [2.24, 2.45) is 7.05 Å². The number of nitrogens with one attached hydrogen (secondary N) is 1. The van der Waals surface area contributed by atoms with Crippen LogP contribution in [0.5, 0.6) is 0 Å². The first-order valence-corrected chi connectivity index (χ1v) is 4.45. The van der Waals surface area contributed by atoms with Gasteiger partial charge in [-0.25, -0.2) is 0 Å². The van der Waals surface area contributed by atoms with Gasteiger partial charge in [0.05, 0.1) is 0 Å².